The smallest absolute Gasteiger partial charge is 0.193 e. The van der Waals surface area contributed by atoms with Gasteiger partial charge in [-0.05, 0) is 169 Å². The van der Waals surface area contributed by atoms with Gasteiger partial charge in [-0.1, -0.05) is 122 Å². The maximum absolute atomic E-state index is 13.2. The summed E-state index contributed by atoms with van der Waals surface area (Å²) in [5.41, 5.74) is 5.41. The topological polar surface area (TPSA) is 166 Å². The highest BCUT2D eigenvalue weighted by molar-refractivity contribution is 8.09. The van der Waals surface area contributed by atoms with Crippen LogP contribution in [0.1, 0.15) is 100 Å². The highest BCUT2D eigenvalue weighted by Gasteiger charge is 2.44. The maximum atomic E-state index is 13.2. The number of carbonyl (C=O) groups excluding carboxylic acids is 3. The van der Waals surface area contributed by atoms with E-state index in [9.17, 15) is 49.8 Å². The largest absolute Gasteiger partial charge is 0.308 e. The van der Waals surface area contributed by atoms with E-state index < -0.39 is 30.9 Å². The monoisotopic (exact) mass is 1060 g/mol. The summed E-state index contributed by atoms with van der Waals surface area (Å²) in [6.07, 6.45) is 11.6. The van der Waals surface area contributed by atoms with E-state index in [0.717, 1.165) is 59.4 Å². The van der Waals surface area contributed by atoms with Gasteiger partial charge in [0, 0.05) is 51.8 Å². The molecule has 0 aliphatic heterocycles. The third-order valence-corrected chi connectivity index (χ3v) is 17.6. The minimum atomic E-state index is -4.23. The van der Waals surface area contributed by atoms with Crippen molar-refractivity contribution in [3.05, 3.63) is 203 Å². The van der Waals surface area contributed by atoms with Crippen LogP contribution in [0.2, 0.25) is 0 Å². The zero-order valence-electron chi connectivity index (χ0n) is 42.5. The summed E-state index contributed by atoms with van der Waals surface area (Å²) in [5, 5.41) is 2.62. The van der Waals surface area contributed by atoms with Crippen LogP contribution in [-0.2, 0) is 19.3 Å². The van der Waals surface area contributed by atoms with Gasteiger partial charge in [-0.3, -0.25) is 14.4 Å². The van der Waals surface area contributed by atoms with Crippen LogP contribution < -0.4 is 0 Å². The molecule has 75 heavy (non-hydrogen) atoms. The summed E-state index contributed by atoms with van der Waals surface area (Å²) in [6, 6.07) is 47.1. The maximum Gasteiger partial charge on any atom is 0.193 e. The SMILES string of the molecule is CC(=O)c1cc(-c2ccc(C(=O)c3ccc(F)cc3)cc2)ccc1-c1ccc(C(=O)c2ccc(F)cc2)cc1.CS(=O)(O)(O)CC1CC2CCC1C2.CS(=O)(O)(O)CC1CC2CCC1C2.c1ccc2ccccc2c1. The fourth-order valence-corrected chi connectivity index (χ4v) is 14.5. The number of Topliss-reactive ketones (excluding diaryl/α,β-unsaturated/α-hetero) is 1. The Morgan fingerprint density at radius 3 is 1.13 bits per heavy atom. The van der Waals surface area contributed by atoms with Crippen molar-refractivity contribution in [3.8, 4) is 22.3 Å². The van der Waals surface area contributed by atoms with E-state index in [0.29, 0.717) is 51.5 Å². The van der Waals surface area contributed by atoms with Gasteiger partial charge in [0.2, 0.25) is 0 Å². The third-order valence-electron chi connectivity index (χ3n) is 15.2. The van der Waals surface area contributed by atoms with Crippen molar-refractivity contribution < 1.29 is 49.8 Å². The molecule has 394 valence electrons. The van der Waals surface area contributed by atoms with Gasteiger partial charge in [0.05, 0.1) is 19.3 Å². The minimum absolute atomic E-state index is 0.0956. The van der Waals surface area contributed by atoms with E-state index in [4.69, 9.17) is 0 Å². The van der Waals surface area contributed by atoms with Crippen molar-refractivity contribution >= 4 is 47.4 Å². The Morgan fingerprint density at radius 2 is 0.813 bits per heavy atom. The first-order valence-electron chi connectivity index (χ1n) is 25.5. The van der Waals surface area contributed by atoms with Gasteiger partial charge in [-0.2, -0.15) is 0 Å². The Kier molecular flexibility index (Phi) is 16.3. The number of rotatable bonds is 11. The van der Waals surface area contributed by atoms with Crippen LogP contribution in [0.5, 0.6) is 0 Å². The van der Waals surface area contributed by atoms with E-state index in [-0.39, 0.29) is 28.9 Å². The first-order valence-corrected chi connectivity index (χ1v) is 30.4. The number of fused-ring (bicyclic) bond motifs is 5. The molecule has 6 atom stereocenters. The summed E-state index contributed by atoms with van der Waals surface area (Å²) in [6.45, 7) is 1.50. The molecule has 6 unspecified atom stereocenters. The van der Waals surface area contributed by atoms with E-state index >= 15 is 0 Å². The Labute approximate surface area is 438 Å². The van der Waals surface area contributed by atoms with E-state index in [1.54, 1.807) is 36.4 Å². The summed E-state index contributed by atoms with van der Waals surface area (Å²) in [7, 11) is -8.47. The molecule has 4 bridgehead atoms. The first kappa shape index (κ1) is 55.1. The third kappa shape index (κ3) is 15.2. The molecular weight excluding hydrogens is 991 g/mol. The van der Waals surface area contributed by atoms with Gasteiger partial charge < -0.3 is 18.2 Å². The average molecular weight is 1060 g/mol. The Morgan fingerprint density at radius 1 is 0.467 bits per heavy atom. The molecule has 0 aromatic heterocycles. The number of hydrogen-bond acceptors (Lipinski definition) is 5. The molecule has 13 heteroatoms. The lowest BCUT2D eigenvalue weighted by atomic mass is 9.90. The van der Waals surface area contributed by atoms with Crippen LogP contribution in [0, 0.1) is 47.1 Å². The number of carbonyl (C=O) groups is 3. The van der Waals surface area contributed by atoms with Gasteiger partial charge in [-0.15, -0.1) is 0 Å². The molecule has 0 amide bonds. The molecule has 4 N–H and O–H groups in total. The second kappa shape index (κ2) is 22.2. The second-order valence-corrected chi connectivity index (χ2v) is 27.9. The molecule has 4 aliphatic rings. The van der Waals surface area contributed by atoms with Crippen molar-refractivity contribution in [3.63, 3.8) is 0 Å². The number of hydrogen-bond donors (Lipinski definition) is 4. The van der Waals surface area contributed by atoms with Crippen LogP contribution in [-0.4, -0.2) is 68.0 Å². The van der Waals surface area contributed by atoms with Gasteiger partial charge in [0.25, 0.3) is 0 Å². The van der Waals surface area contributed by atoms with Crippen molar-refractivity contribution in [2.75, 3.05) is 24.0 Å². The second-order valence-electron chi connectivity index (χ2n) is 21.5. The Balaban J connectivity index is 0.000000165. The molecule has 4 aliphatic carbocycles. The molecule has 4 fully saturated rings. The highest BCUT2D eigenvalue weighted by atomic mass is 32.3. The van der Waals surface area contributed by atoms with Crippen molar-refractivity contribution in [1.82, 2.24) is 0 Å². The van der Waals surface area contributed by atoms with E-state index in [2.05, 4.69) is 48.5 Å². The number of ketones is 3. The van der Waals surface area contributed by atoms with Crippen molar-refractivity contribution in [2.24, 2.45) is 35.5 Å². The fourth-order valence-electron chi connectivity index (χ4n) is 11.7. The van der Waals surface area contributed by atoms with E-state index in [1.807, 2.05) is 30.3 Å². The van der Waals surface area contributed by atoms with E-state index in [1.165, 1.54) is 105 Å². The molecule has 0 heterocycles. The summed E-state index contributed by atoms with van der Waals surface area (Å²) in [4.78, 5) is 38.0. The molecular formula is C62H66F2O9S2. The molecule has 7 aromatic rings. The Bertz CT molecular complexity index is 3180. The van der Waals surface area contributed by atoms with Crippen LogP contribution >= 0.6 is 0 Å². The zero-order valence-corrected chi connectivity index (χ0v) is 44.2. The lowest BCUT2D eigenvalue weighted by Gasteiger charge is -2.32. The Hall–Kier alpha value is -6.19. The first-order chi connectivity index (χ1) is 35.4. The zero-order chi connectivity index (χ0) is 53.8. The number of halogens is 2. The van der Waals surface area contributed by atoms with Crippen LogP contribution in [0.4, 0.5) is 8.78 Å². The summed E-state index contributed by atoms with van der Waals surface area (Å²) >= 11 is 0. The van der Waals surface area contributed by atoms with Crippen LogP contribution in [0.25, 0.3) is 33.0 Å². The predicted octanol–water partition coefficient (Wildman–Crippen LogP) is 14.4. The van der Waals surface area contributed by atoms with Crippen molar-refractivity contribution in [2.45, 2.75) is 58.3 Å². The fraction of sp³-hybridized carbons (Fsp3) is 0.306. The lowest BCUT2D eigenvalue weighted by molar-refractivity contribution is 0.101. The standard InChI is InChI=1S/C34H22F2O3.C10H8.2C9H18O3S/c1-21(37)32-20-28(22-2-6-24(7-3-22)33(38)26-10-15-29(35)16-11-26)14-19-31(32)23-4-8-25(9-5-23)34(39)27-12-17-30(36)18-13-27;1-2-6-10-8-4-3-7-9(10)5-1;2*1-13(10,11,12)6-9-5-7-2-3-8(9)4-7/h2-20H,1H3;1-8H;2*7-9H,2-6H2,1H3,(H2,10,11,12). The summed E-state index contributed by atoms with van der Waals surface area (Å²) < 4.78 is 86.2. The van der Waals surface area contributed by atoms with Gasteiger partial charge in [0.15, 0.2) is 17.3 Å². The molecule has 7 aromatic carbocycles. The van der Waals surface area contributed by atoms with Crippen LogP contribution in [0.3, 0.4) is 0 Å². The molecule has 4 saturated carbocycles. The molecule has 11 rings (SSSR count). The quantitative estimate of drug-likeness (QED) is 0.0922. The molecule has 0 radical (unpaired) electrons. The van der Waals surface area contributed by atoms with Gasteiger partial charge in [-0.25, -0.2) is 17.2 Å². The summed E-state index contributed by atoms with van der Waals surface area (Å²) in [5.74, 6) is 2.18. The number of benzene rings is 7. The highest BCUT2D eigenvalue weighted by Crippen LogP contribution is 2.50. The molecule has 0 spiro atoms. The predicted molar refractivity (Wildman–Crippen MR) is 297 cm³/mol. The normalized spacial score (nSPS) is 21.4. The average Bonchev–Trinajstić information content (AvgIpc) is 4.21. The molecule has 9 nitrogen and oxygen atoms in total. The van der Waals surface area contributed by atoms with Gasteiger partial charge in [0.1, 0.15) is 11.6 Å². The van der Waals surface area contributed by atoms with Crippen molar-refractivity contribution in [1.29, 1.82) is 0 Å². The minimum Gasteiger partial charge on any atom is -0.308 e. The molecule has 0 saturated heterocycles. The van der Waals surface area contributed by atoms with Crippen LogP contribution in [0.15, 0.2) is 164 Å². The van der Waals surface area contributed by atoms with Gasteiger partial charge >= 0.3 is 0 Å². The lowest BCUT2D eigenvalue weighted by Crippen LogP contribution is -2.38.